The van der Waals surface area contributed by atoms with Gasteiger partial charge in [-0.2, -0.15) is 20.3 Å². The molecule has 4 rings (SSSR count). The minimum atomic E-state index is -3.92. The van der Waals surface area contributed by atoms with Crippen LogP contribution in [0.25, 0.3) is 0 Å². The average Bonchev–Trinajstić information content (AvgIpc) is 3.10. The Bertz CT molecular complexity index is 1430. The van der Waals surface area contributed by atoms with Crippen molar-refractivity contribution in [3.05, 3.63) is 71.8 Å². The Hall–Kier alpha value is -4.39. The van der Waals surface area contributed by atoms with Crippen molar-refractivity contribution >= 4 is 39.2 Å². The molecular formula is C22H20N8O4S. The van der Waals surface area contributed by atoms with E-state index in [1.807, 2.05) is 0 Å². The number of hydrogen-bond donors (Lipinski definition) is 1. The van der Waals surface area contributed by atoms with Gasteiger partial charge in [0.15, 0.2) is 6.04 Å². The average molecular weight is 493 g/mol. The summed E-state index contributed by atoms with van der Waals surface area (Å²) in [6.07, 6.45) is 2.85. The van der Waals surface area contributed by atoms with Crippen molar-refractivity contribution in [2.24, 2.45) is 15.3 Å². The molecule has 35 heavy (non-hydrogen) atoms. The van der Waals surface area contributed by atoms with E-state index in [2.05, 4.69) is 35.0 Å². The molecule has 3 aromatic rings. The molecule has 0 saturated heterocycles. The lowest BCUT2D eigenvalue weighted by molar-refractivity contribution is -0.127. The lowest BCUT2D eigenvalue weighted by Crippen LogP contribution is -2.34. The third-order valence-electron chi connectivity index (χ3n) is 4.84. The first-order valence-electron chi connectivity index (χ1n) is 10.3. The number of pyridine rings is 1. The molecule has 2 aromatic heterocycles. The van der Waals surface area contributed by atoms with E-state index in [4.69, 9.17) is 0 Å². The van der Waals surface area contributed by atoms with Gasteiger partial charge in [0.25, 0.3) is 21.8 Å². The van der Waals surface area contributed by atoms with Crippen molar-refractivity contribution in [3.63, 3.8) is 0 Å². The minimum absolute atomic E-state index is 0.0221. The van der Waals surface area contributed by atoms with Crippen molar-refractivity contribution in [2.45, 2.75) is 31.7 Å². The van der Waals surface area contributed by atoms with Crippen LogP contribution >= 0.6 is 0 Å². The van der Waals surface area contributed by atoms with Gasteiger partial charge < -0.3 is 0 Å². The molecule has 1 atom stereocenters. The van der Waals surface area contributed by atoms with E-state index in [1.165, 1.54) is 42.7 Å². The molecule has 1 aliphatic heterocycles. The summed E-state index contributed by atoms with van der Waals surface area (Å²) in [7, 11) is -3.92. The minimum Gasteiger partial charge on any atom is -0.269 e. The Labute approximate surface area is 200 Å². The van der Waals surface area contributed by atoms with Gasteiger partial charge in [0.2, 0.25) is 5.95 Å². The molecule has 178 valence electrons. The highest BCUT2D eigenvalue weighted by molar-refractivity contribution is 7.92. The van der Waals surface area contributed by atoms with Gasteiger partial charge in [-0.25, -0.2) is 23.1 Å². The zero-order valence-corrected chi connectivity index (χ0v) is 19.8. The quantitative estimate of drug-likeness (QED) is 0.409. The van der Waals surface area contributed by atoms with Crippen LogP contribution in [0.4, 0.5) is 11.6 Å². The summed E-state index contributed by atoms with van der Waals surface area (Å²) in [5, 5.41) is 12.8. The van der Waals surface area contributed by atoms with Crippen molar-refractivity contribution in [1.29, 1.82) is 0 Å². The van der Waals surface area contributed by atoms with Crippen LogP contribution in [0, 0.1) is 13.8 Å². The SMILES string of the molecule is CC1=NN(C(=O)c2cccnc2)C(=O)[C@H]1N=Nc1ccc(S(=O)(=O)Nc2nc(C)cc(C)n2)cc1. The molecule has 1 aromatic carbocycles. The highest BCUT2D eigenvalue weighted by atomic mass is 32.2. The number of aryl methyl sites for hydroxylation is 2. The summed E-state index contributed by atoms with van der Waals surface area (Å²) in [5.41, 5.74) is 2.09. The predicted molar refractivity (Wildman–Crippen MR) is 126 cm³/mol. The zero-order chi connectivity index (χ0) is 25.2. The van der Waals surface area contributed by atoms with Crippen LogP contribution in [0.1, 0.15) is 28.7 Å². The second-order valence-corrected chi connectivity index (χ2v) is 9.31. The van der Waals surface area contributed by atoms with Crippen LogP contribution in [0.5, 0.6) is 0 Å². The maximum absolute atomic E-state index is 12.7. The number of azo groups is 1. The molecule has 3 heterocycles. The Morgan fingerprint density at radius 3 is 2.37 bits per heavy atom. The van der Waals surface area contributed by atoms with Crippen molar-refractivity contribution in [2.75, 3.05) is 4.72 Å². The number of carbonyl (C=O) groups excluding carboxylic acids is 2. The van der Waals surface area contributed by atoms with Crippen molar-refractivity contribution < 1.29 is 18.0 Å². The normalized spacial score (nSPS) is 16.0. The fourth-order valence-corrected chi connectivity index (χ4v) is 4.16. The van der Waals surface area contributed by atoms with E-state index in [0.29, 0.717) is 22.8 Å². The molecule has 0 saturated carbocycles. The van der Waals surface area contributed by atoms with E-state index < -0.39 is 27.9 Å². The van der Waals surface area contributed by atoms with E-state index >= 15 is 0 Å². The molecule has 0 bridgehead atoms. The maximum Gasteiger partial charge on any atom is 0.282 e. The van der Waals surface area contributed by atoms with E-state index in [-0.39, 0.29) is 16.4 Å². The first kappa shape index (κ1) is 23.8. The van der Waals surface area contributed by atoms with Gasteiger partial charge in [-0.05, 0) is 63.2 Å². The van der Waals surface area contributed by atoms with Gasteiger partial charge in [-0.15, -0.1) is 0 Å². The summed E-state index contributed by atoms with van der Waals surface area (Å²) >= 11 is 0. The number of aromatic nitrogens is 3. The number of imide groups is 1. The summed E-state index contributed by atoms with van der Waals surface area (Å²) in [6, 6.07) is 9.32. The fourth-order valence-electron chi connectivity index (χ4n) is 3.21. The summed E-state index contributed by atoms with van der Waals surface area (Å²) < 4.78 is 27.7. The number of benzene rings is 1. The number of carbonyl (C=O) groups is 2. The molecule has 2 amide bonds. The van der Waals surface area contributed by atoms with Crippen LogP contribution in [0.15, 0.2) is 75.1 Å². The van der Waals surface area contributed by atoms with Gasteiger partial charge in [-0.1, -0.05) is 0 Å². The Morgan fingerprint density at radius 2 is 1.74 bits per heavy atom. The van der Waals surface area contributed by atoms with Gasteiger partial charge in [0, 0.05) is 23.8 Å². The molecule has 0 aliphatic carbocycles. The number of hydrogen-bond acceptors (Lipinski definition) is 10. The topological polar surface area (TPSA) is 159 Å². The standard InChI is InChI=1S/C22H20N8O4S/c1-13-11-14(2)25-22(24-13)29-35(33,34)18-8-6-17(7-9-18)26-27-19-15(3)28-30(21(19)32)20(31)16-5-4-10-23-12-16/h4-12,19H,1-3H3,(H,24,25,29)/t19-/m0/s1. The fraction of sp³-hybridized carbons (Fsp3) is 0.182. The molecular weight excluding hydrogens is 472 g/mol. The van der Waals surface area contributed by atoms with Crippen LogP contribution < -0.4 is 4.72 Å². The van der Waals surface area contributed by atoms with Crippen LogP contribution in [0.3, 0.4) is 0 Å². The highest BCUT2D eigenvalue weighted by Crippen LogP contribution is 2.21. The molecule has 1 N–H and O–H groups in total. The smallest absolute Gasteiger partial charge is 0.269 e. The maximum atomic E-state index is 12.7. The lowest BCUT2D eigenvalue weighted by Gasteiger charge is -2.10. The summed E-state index contributed by atoms with van der Waals surface area (Å²) in [5.74, 6) is -1.28. The molecule has 13 heteroatoms. The number of anilines is 1. The first-order chi connectivity index (χ1) is 16.6. The second kappa shape index (κ2) is 9.46. The number of hydrazone groups is 1. The third-order valence-corrected chi connectivity index (χ3v) is 6.18. The first-order valence-corrected chi connectivity index (χ1v) is 11.8. The number of nitrogens with one attached hydrogen (secondary N) is 1. The lowest BCUT2D eigenvalue weighted by atomic mass is 10.2. The number of rotatable bonds is 6. The van der Waals surface area contributed by atoms with Crippen molar-refractivity contribution in [3.8, 4) is 0 Å². The van der Waals surface area contributed by atoms with Crippen LogP contribution in [-0.4, -0.2) is 51.9 Å². The Kier molecular flexibility index (Phi) is 6.42. The highest BCUT2D eigenvalue weighted by Gasteiger charge is 2.38. The molecule has 0 radical (unpaired) electrons. The second-order valence-electron chi connectivity index (χ2n) is 7.63. The largest absolute Gasteiger partial charge is 0.282 e. The zero-order valence-electron chi connectivity index (χ0n) is 18.9. The van der Waals surface area contributed by atoms with E-state index in [9.17, 15) is 18.0 Å². The van der Waals surface area contributed by atoms with Gasteiger partial charge in [0.1, 0.15) is 0 Å². The van der Waals surface area contributed by atoms with E-state index in [0.717, 1.165) is 5.01 Å². The van der Waals surface area contributed by atoms with Crippen LogP contribution in [0.2, 0.25) is 0 Å². The Morgan fingerprint density at radius 1 is 1.06 bits per heavy atom. The van der Waals surface area contributed by atoms with E-state index in [1.54, 1.807) is 32.9 Å². The Balaban J connectivity index is 1.46. The van der Waals surface area contributed by atoms with Gasteiger partial charge in [-0.3, -0.25) is 14.6 Å². The number of sulfonamides is 1. The van der Waals surface area contributed by atoms with Gasteiger partial charge >= 0.3 is 0 Å². The molecule has 12 nitrogen and oxygen atoms in total. The molecule has 0 spiro atoms. The number of nitrogens with zero attached hydrogens (tertiary/aromatic N) is 7. The predicted octanol–water partition coefficient (Wildman–Crippen LogP) is 2.80. The summed E-state index contributed by atoms with van der Waals surface area (Å²) in [4.78, 5) is 37.2. The monoisotopic (exact) mass is 492 g/mol. The molecule has 0 unspecified atom stereocenters. The molecule has 0 fully saturated rings. The number of amides is 2. The van der Waals surface area contributed by atoms with Crippen LogP contribution in [-0.2, 0) is 14.8 Å². The summed E-state index contributed by atoms with van der Waals surface area (Å²) in [6.45, 7) is 5.04. The van der Waals surface area contributed by atoms with Crippen molar-refractivity contribution in [1.82, 2.24) is 20.0 Å². The van der Waals surface area contributed by atoms with Gasteiger partial charge in [0.05, 0.1) is 21.9 Å². The molecule has 1 aliphatic rings. The third kappa shape index (κ3) is 5.24.